The van der Waals surface area contributed by atoms with Gasteiger partial charge in [-0.15, -0.1) is 0 Å². The number of halogens is 3. The molecule has 34 heavy (non-hydrogen) atoms. The fourth-order valence-corrected chi connectivity index (χ4v) is 4.61. The highest BCUT2D eigenvalue weighted by atomic mass is 19.4. The summed E-state index contributed by atoms with van der Waals surface area (Å²) >= 11 is 0. The van der Waals surface area contributed by atoms with Crippen LogP contribution in [0.1, 0.15) is 30.1 Å². The summed E-state index contributed by atoms with van der Waals surface area (Å²) in [6.45, 7) is 1.79. The van der Waals surface area contributed by atoms with Crippen LogP contribution >= 0.6 is 0 Å². The molecule has 5 rings (SSSR count). The number of anilines is 1. The van der Waals surface area contributed by atoms with E-state index in [9.17, 15) is 18.0 Å². The van der Waals surface area contributed by atoms with Gasteiger partial charge in [0.05, 0.1) is 24.7 Å². The first-order valence-electron chi connectivity index (χ1n) is 11.0. The van der Waals surface area contributed by atoms with Crippen molar-refractivity contribution in [2.24, 2.45) is 0 Å². The summed E-state index contributed by atoms with van der Waals surface area (Å²) in [7, 11) is 1.66. The maximum atomic E-state index is 12.8. The molecular formula is C24H24F3N5O2. The number of H-pyrrole nitrogens is 2. The number of nitrogens with one attached hydrogen (secondary N) is 3. The summed E-state index contributed by atoms with van der Waals surface area (Å²) in [5.41, 5.74) is 3.19. The molecule has 0 unspecified atom stereocenters. The van der Waals surface area contributed by atoms with Crippen LogP contribution in [0.5, 0.6) is 5.75 Å². The zero-order valence-electron chi connectivity index (χ0n) is 18.5. The van der Waals surface area contributed by atoms with Gasteiger partial charge in [-0.1, -0.05) is 0 Å². The fraction of sp³-hybridized carbons (Fsp3) is 0.333. The number of aromatic nitrogens is 3. The molecule has 1 saturated heterocycles. The summed E-state index contributed by atoms with van der Waals surface area (Å²) in [5.74, 6) is -0.0381. The van der Waals surface area contributed by atoms with Gasteiger partial charge in [0.15, 0.2) is 0 Å². The average molecular weight is 471 g/mol. The van der Waals surface area contributed by atoms with Crippen molar-refractivity contribution < 1.29 is 22.7 Å². The molecule has 10 heteroatoms. The van der Waals surface area contributed by atoms with E-state index < -0.39 is 12.0 Å². The van der Waals surface area contributed by atoms with Crippen LogP contribution in [0.2, 0.25) is 0 Å². The third-order valence-corrected chi connectivity index (χ3v) is 6.35. The minimum Gasteiger partial charge on any atom is -0.497 e. The maximum Gasteiger partial charge on any atom is 0.449 e. The van der Waals surface area contributed by atoms with E-state index >= 15 is 0 Å². The Morgan fingerprint density at radius 2 is 1.97 bits per heavy atom. The number of hydrogen-bond donors (Lipinski definition) is 3. The normalized spacial score (nSPS) is 15.8. The van der Waals surface area contributed by atoms with Crippen molar-refractivity contribution in [3.63, 3.8) is 0 Å². The zero-order valence-corrected chi connectivity index (χ0v) is 18.5. The molecule has 0 atom stereocenters. The minimum atomic E-state index is -4.55. The van der Waals surface area contributed by atoms with Crippen LogP contribution in [0.15, 0.2) is 42.6 Å². The number of benzene rings is 2. The van der Waals surface area contributed by atoms with E-state index in [0.717, 1.165) is 37.2 Å². The van der Waals surface area contributed by atoms with Gasteiger partial charge >= 0.3 is 6.18 Å². The predicted molar refractivity (Wildman–Crippen MR) is 123 cm³/mol. The van der Waals surface area contributed by atoms with Crippen LogP contribution in [-0.4, -0.2) is 52.5 Å². The Morgan fingerprint density at radius 1 is 1.18 bits per heavy atom. The lowest BCUT2D eigenvalue weighted by Crippen LogP contribution is -2.38. The molecule has 3 N–H and O–H groups in total. The van der Waals surface area contributed by atoms with Crippen molar-refractivity contribution in [1.29, 1.82) is 0 Å². The van der Waals surface area contributed by atoms with Crippen molar-refractivity contribution >= 4 is 33.5 Å². The van der Waals surface area contributed by atoms with Crippen molar-refractivity contribution in [1.82, 2.24) is 19.9 Å². The highest BCUT2D eigenvalue weighted by molar-refractivity contribution is 5.94. The standard InChI is InChI=1S/C24H24F3N5O2/c1-34-16-3-5-19-17(11-16)18(12-28-19)14-6-8-32(9-7-14)13-22(33)29-15-2-4-20-21(10-15)31-23(30-20)24(25,26)27/h2-5,10-12,14,28H,6-9,13H2,1H3,(H,29,33)(H,30,31). The van der Waals surface area contributed by atoms with E-state index in [-0.39, 0.29) is 23.5 Å². The van der Waals surface area contributed by atoms with E-state index in [1.54, 1.807) is 13.2 Å². The molecule has 2 aromatic heterocycles. The lowest BCUT2D eigenvalue weighted by molar-refractivity contribution is -0.144. The number of amides is 1. The molecule has 4 aromatic rings. The molecule has 2 aromatic carbocycles. The second kappa shape index (κ2) is 8.68. The molecule has 0 bridgehead atoms. The fourth-order valence-electron chi connectivity index (χ4n) is 4.61. The van der Waals surface area contributed by atoms with Crippen LogP contribution in [0.3, 0.4) is 0 Å². The first-order chi connectivity index (χ1) is 16.3. The van der Waals surface area contributed by atoms with Crippen molar-refractivity contribution in [3.05, 3.63) is 54.0 Å². The molecule has 1 aliphatic heterocycles. The number of carbonyl (C=O) groups is 1. The second-order valence-corrected chi connectivity index (χ2v) is 8.57. The summed E-state index contributed by atoms with van der Waals surface area (Å²) in [4.78, 5) is 23.8. The molecule has 0 spiro atoms. The number of aromatic amines is 2. The lowest BCUT2D eigenvalue weighted by atomic mass is 9.89. The second-order valence-electron chi connectivity index (χ2n) is 8.57. The van der Waals surface area contributed by atoms with Gasteiger partial charge in [-0.05, 0) is 73.8 Å². The molecule has 0 aliphatic carbocycles. The SMILES string of the molecule is COc1ccc2[nH]cc(C3CCN(CC(=O)Nc4ccc5nc(C(F)(F)F)[nH]c5c4)CC3)c2c1. The summed E-state index contributed by atoms with van der Waals surface area (Å²) in [6, 6.07) is 10.5. The Labute approximate surface area is 193 Å². The maximum absolute atomic E-state index is 12.8. The van der Waals surface area contributed by atoms with Crippen molar-refractivity contribution in [2.75, 3.05) is 32.1 Å². The Hall–Kier alpha value is -3.53. The van der Waals surface area contributed by atoms with Gasteiger partial charge in [-0.2, -0.15) is 13.2 Å². The van der Waals surface area contributed by atoms with Gasteiger partial charge < -0.3 is 20.0 Å². The average Bonchev–Trinajstić information content (AvgIpc) is 3.43. The van der Waals surface area contributed by atoms with Gasteiger partial charge in [0.1, 0.15) is 5.75 Å². The van der Waals surface area contributed by atoms with E-state index in [1.165, 1.54) is 23.1 Å². The molecule has 1 aliphatic rings. The van der Waals surface area contributed by atoms with Crippen LogP contribution in [0.25, 0.3) is 21.9 Å². The molecule has 178 valence electrons. The largest absolute Gasteiger partial charge is 0.497 e. The molecule has 1 fully saturated rings. The molecular weight excluding hydrogens is 447 g/mol. The van der Waals surface area contributed by atoms with E-state index in [4.69, 9.17) is 4.74 Å². The minimum absolute atomic E-state index is 0.197. The smallest absolute Gasteiger partial charge is 0.449 e. The van der Waals surface area contributed by atoms with Crippen molar-refractivity contribution in [3.8, 4) is 5.75 Å². The number of fused-ring (bicyclic) bond motifs is 2. The highest BCUT2D eigenvalue weighted by Crippen LogP contribution is 2.35. The van der Waals surface area contributed by atoms with E-state index in [2.05, 4.69) is 37.4 Å². The zero-order chi connectivity index (χ0) is 23.9. The van der Waals surface area contributed by atoms with Crippen LogP contribution < -0.4 is 10.1 Å². The van der Waals surface area contributed by atoms with E-state index in [0.29, 0.717) is 11.6 Å². The third kappa shape index (κ3) is 4.45. The monoisotopic (exact) mass is 471 g/mol. The number of alkyl halides is 3. The van der Waals surface area contributed by atoms with Gasteiger partial charge in [-0.25, -0.2) is 4.98 Å². The summed E-state index contributed by atoms with van der Waals surface area (Å²) in [5, 5.41) is 3.94. The number of imidazole rings is 1. The van der Waals surface area contributed by atoms with Gasteiger partial charge in [0.2, 0.25) is 11.7 Å². The van der Waals surface area contributed by atoms with Gasteiger partial charge in [0, 0.05) is 22.8 Å². The molecule has 0 radical (unpaired) electrons. The quantitative estimate of drug-likeness (QED) is 0.387. The molecule has 1 amide bonds. The topological polar surface area (TPSA) is 86.0 Å². The Morgan fingerprint density at radius 3 is 2.71 bits per heavy atom. The number of hydrogen-bond acceptors (Lipinski definition) is 4. The third-order valence-electron chi connectivity index (χ3n) is 6.35. The Bertz CT molecular complexity index is 1340. The first kappa shape index (κ1) is 22.3. The number of methoxy groups -OCH3 is 1. The molecule has 3 heterocycles. The predicted octanol–water partition coefficient (Wildman–Crippen LogP) is 4.89. The van der Waals surface area contributed by atoms with Crippen LogP contribution in [0, 0.1) is 0 Å². The summed E-state index contributed by atoms with van der Waals surface area (Å²) in [6.07, 6.45) is -0.629. The van der Waals surface area contributed by atoms with Crippen LogP contribution in [0.4, 0.5) is 18.9 Å². The van der Waals surface area contributed by atoms with Crippen molar-refractivity contribution in [2.45, 2.75) is 24.9 Å². The van der Waals surface area contributed by atoms with Gasteiger partial charge in [0.25, 0.3) is 0 Å². The number of likely N-dealkylation sites (tertiary alicyclic amines) is 1. The number of piperidine rings is 1. The first-order valence-corrected chi connectivity index (χ1v) is 11.0. The van der Waals surface area contributed by atoms with Gasteiger partial charge in [-0.3, -0.25) is 9.69 Å². The number of rotatable bonds is 5. The Balaban J connectivity index is 1.19. The van der Waals surface area contributed by atoms with E-state index in [1.807, 2.05) is 12.1 Å². The van der Waals surface area contributed by atoms with Crippen LogP contribution in [-0.2, 0) is 11.0 Å². The molecule has 7 nitrogen and oxygen atoms in total. The number of nitrogens with zero attached hydrogens (tertiary/aromatic N) is 2. The molecule has 0 saturated carbocycles. The summed E-state index contributed by atoms with van der Waals surface area (Å²) < 4.78 is 43.9. The highest BCUT2D eigenvalue weighted by Gasteiger charge is 2.34. The Kier molecular flexibility index (Phi) is 5.68. The number of carbonyl (C=O) groups excluding carboxylic acids is 1. The number of ether oxygens (including phenoxy) is 1. The lowest BCUT2D eigenvalue weighted by Gasteiger charge is -2.31.